The van der Waals surface area contributed by atoms with Gasteiger partial charge in [0.15, 0.2) is 0 Å². The highest BCUT2D eigenvalue weighted by atomic mass is 35.5. The van der Waals surface area contributed by atoms with Crippen molar-refractivity contribution in [2.45, 2.75) is 19.5 Å². The Hall–Kier alpha value is -0.870. The second-order valence-electron chi connectivity index (χ2n) is 4.60. The first-order chi connectivity index (χ1) is 9.90. The van der Waals surface area contributed by atoms with Crippen molar-refractivity contribution in [2.75, 3.05) is 0 Å². The molecule has 0 fully saturated rings. The van der Waals surface area contributed by atoms with Crippen molar-refractivity contribution in [1.82, 2.24) is 5.32 Å². The molecule has 1 N–H and O–H groups in total. The van der Waals surface area contributed by atoms with Crippen LogP contribution in [0.5, 0.6) is 0 Å². The summed E-state index contributed by atoms with van der Waals surface area (Å²) in [5, 5.41) is 4.15. The zero-order valence-electron chi connectivity index (χ0n) is 11.1. The molecule has 2 rings (SSSR count). The van der Waals surface area contributed by atoms with Crippen LogP contribution in [0.25, 0.3) is 0 Å². The minimum Gasteiger partial charge on any atom is -0.306 e. The molecule has 0 aliphatic heterocycles. The van der Waals surface area contributed by atoms with Crippen LogP contribution >= 0.6 is 34.8 Å². The predicted molar refractivity (Wildman–Crippen MR) is 83.1 cm³/mol. The highest BCUT2D eigenvalue weighted by molar-refractivity contribution is 6.48. The molecule has 0 amide bonds. The van der Waals surface area contributed by atoms with E-state index in [1.807, 2.05) is 6.92 Å². The van der Waals surface area contributed by atoms with Gasteiger partial charge in [0.05, 0.1) is 15.1 Å². The molecule has 0 saturated heterocycles. The van der Waals surface area contributed by atoms with Crippen LogP contribution in [0.15, 0.2) is 30.3 Å². The maximum absolute atomic E-state index is 13.6. The van der Waals surface area contributed by atoms with E-state index in [1.54, 1.807) is 12.1 Å². The fourth-order valence-corrected chi connectivity index (χ4v) is 2.62. The van der Waals surface area contributed by atoms with Crippen molar-refractivity contribution in [3.63, 3.8) is 0 Å². The summed E-state index contributed by atoms with van der Waals surface area (Å²) < 4.78 is 26.4. The average Bonchev–Trinajstić information content (AvgIpc) is 2.43. The predicted octanol–water partition coefficient (Wildman–Crippen LogP) is 5.78. The Bertz CT molecular complexity index is 662. The molecular weight excluding hydrogens is 339 g/mol. The topological polar surface area (TPSA) is 12.0 Å². The Labute approximate surface area is 136 Å². The van der Waals surface area contributed by atoms with Crippen molar-refractivity contribution in [3.8, 4) is 0 Å². The van der Waals surface area contributed by atoms with Crippen molar-refractivity contribution >= 4 is 34.8 Å². The standard InChI is InChI=1S/C15H12Cl3F2N/c1-8(11-4-5-12(16)15(18)14(11)17)21-7-9-2-3-10(19)6-13(9)20/h2-6,8,21H,7H2,1H3. The normalized spacial score (nSPS) is 12.5. The summed E-state index contributed by atoms with van der Waals surface area (Å²) in [6.07, 6.45) is 0. The van der Waals surface area contributed by atoms with Gasteiger partial charge in [-0.3, -0.25) is 0 Å². The van der Waals surface area contributed by atoms with Crippen molar-refractivity contribution in [1.29, 1.82) is 0 Å². The average molecular weight is 351 g/mol. The molecule has 1 atom stereocenters. The van der Waals surface area contributed by atoms with E-state index in [0.29, 0.717) is 15.6 Å². The summed E-state index contributed by atoms with van der Waals surface area (Å²) in [5.41, 5.74) is 1.13. The SMILES string of the molecule is CC(NCc1ccc(F)cc1F)c1ccc(Cl)c(Cl)c1Cl. The molecule has 21 heavy (non-hydrogen) atoms. The quantitative estimate of drug-likeness (QED) is 0.690. The highest BCUT2D eigenvalue weighted by Crippen LogP contribution is 2.35. The van der Waals surface area contributed by atoms with Gasteiger partial charge >= 0.3 is 0 Å². The van der Waals surface area contributed by atoms with Gasteiger partial charge < -0.3 is 5.32 Å². The first-order valence-electron chi connectivity index (χ1n) is 6.21. The molecule has 2 aromatic carbocycles. The molecule has 2 aromatic rings. The lowest BCUT2D eigenvalue weighted by atomic mass is 10.1. The third kappa shape index (κ3) is 3.86. The first kappa shape index (κ1) is 16.5. The van der Waals surface area contributed by atoms with E-state index < -0.39 is 11.6 Å². The zero-order valence-corrected chi connectivity index (χ0v) is 13.3. The van der Waals surface area contributed by atoms with Gasteiger partial charge in [-0.25, -0.2) is 8.78 Å². The van der Waals surface area contributed by atoms with Crippen molar-refractivity contribution in [2.24, 2.45) is 0 Å². The Morgan fingerprint density at radius 2 is 1.76 bits per heavy atom. The third-order valence-electron chi connectivity index (χ3n) is 3.15. The second-order valence-corrected chi connectivity index (χ2v) is 5.77. The fraction of sp³-hybridized carbons (Fsp3) is 0.200. The van der Waals surface area contributed by atoms with Crippen LogP contribution in [-0.4, -0.2) is 0 Å². The zero-order chi connectivity index (χ0) is 15.6. The van der Waals surface area contributed by atoms with Gasteiger partial charge in [-0.15, -0.1) is 0 Å². The van der Waals surface area contributed by atoms with Gasteiger partial charge in [0.2, 0.25) is 0 Å². The van der Waals surface area contributed by atoms with Gasteiger partial charge in [-0.05, 0) is 24.6 Å². The largest absolute Gasteiger partial charge is 0.306 e. The lowest BCUT2D eigenvalue weighted by Gasteiger charge is -2.17. The van der Waals surface area contributed by atoms with E-state index in [-0.39, 0.29) is 17.6 Å². The molecule has 0 aliphatic carbocycles. The molecule has 1 unspecified atom stereocenters. The monoisotopic (exact) mass is 349 g/mol. The minimum atomic E-state index is -0.600. The van der Waals surface area contributed by atoms with Crippen molar-refractivity contribution < 1.29 is 8.78 Å². The molecule has 1 nitrogen and oxygen atoms in total. The Kier molecular flexibility index (Phi) is 5.44. The minimum absolute atomic E-state index is 0.170. The maximum atomic E-state index is 13.6. The molecule has 6 heteroatoms. The van der Waals surface area contributed by atoms with Crippen LogP contribution in [0, 0.1) is 11.6 Å². The van der Waals surface area contributed by atoms with Gasteiger partial charge in [0, 0.05) is 24.2 Å². The molecule has 0 saturated carbocycles. The third-order valence-corrected chi connectivity index (χ3v) is 4.45. The summed E-state index contributed by atoms with van der Waals surface area (Å²) in [4.78, 5) is 0. The van der Waals surface area contributed by atoms with E-state index >= 15 is 0 Å². The number of nitrogens with one attached hydrogen (secondary N) is 1. The van der Waals surface area contributed by atoms with Crippen LogP contribution in [0.1, 0.15) is 24.1 Å². The summed E-state index contributed by atoms with van der Waals surface area (Å²) >= 11 is 18.0. The first-order valence-corrected chi connectivity index (χ1v) is 7.34. The molecule has 0 radical (unpaired) electrons. The Morgan fingerprint density at radius 1 is 1.05 bits per heavy atom. The lowest BCUT2D eigenvalue weighted by molar-refractivity contribution is 0.534. The number of halogens is 5. The summed E-state index contributed by atoms with van der Waals surface area (Å²) in [6.45, 7) is 2.11. The number of rotatable bonds is 4. The molecule has 0 aliphatic rings. The molecule has 112 valence electrons. The smallest absolute Gasteiger partial charge is 0.130 e. The van der Waals surface area contributed by atoms with Crippen LogP contribution < -0.4 is 5.32 Å². The number of benzene rings is 2. The fourth-order valence-electron chi connectivity index (χ4n) is 1.91. The van der Waals surface area contributed by atoms with Gasteiger partial charge in [0.1, 0.15) is 11.6 Å². The van der Waals surface area contributed by atoms with Crippen LogP contribution in [-0.2, 0) is 6.54 Å². The van der Waals surface area contributed by atoms with Gasteiger partial charge in [-0.2, -0.15) is 0 Å². The summed E-state index contributed by atoms with van der Waals surface area (Å²) in [7, 11) is 0. The lowest BCUT2D eigenvalue weighted by Crippen LogP contribution is -2.19. The number of hydrogen-bond acceptors (Lipinski definition) is 1. The number of hydrogen-bond donors (Lipinski definition) is 1. The van der Waals surface area contributed by atoms with Crippen LogP contribution in [0.4, 0.5) is 8.78 Å². The van der Waals surface area contributed by atoms with Crippen LogP contribution in [0.2, 0.25) is 15.1 Å². The Balaban J connectivity index is 2.12. The van der Waals surface area contributed by atoms with Gasteiger partial charge in [0.25, 0.3) is 0 Å². The van der Waals surface area contributed by atoms with Crippen molar-refractivity contribution in [3.05, 3.63) is 68.2 Å². The highest BCUT2D eigenvalue weighted by Gasteiger charge is 2.14. The summed E-state index contributed by atoms with van der Waals surface area (Å²) in [5.74, 6) is -1.19. The van der Waals surface area contributed by atoms with E-state index in [4.69, 9.17) is 34.8 Å². The van der Waals surface area contributed by atoms with Crippen LogP contribution in [0.3, 0.4) is 0 Å². The second kappa shape index (κ2) is 6.93. The van der Waals surface area contributed by atoms with E-state index in [2.05, 4.69) is 5.32 Å². The molecule has 0 spiro atoms. The van der Waals surface area contributed by atoms with E-state index in [1.165, 1.54) is 12.1 Å². The molecule has 0 aromatic heterocycles. The molecule has 0 bridgehead atoms. The van der Waals surface area contributed by atoms with E-state index in [0.717, 1.165) is 11.6 Å². The molecular formula is C15H12Cl3F2N. The maximum Gasteiger partial charge on any atom is 0.130 e. The summed E-state index contributed by atoms with van der Waals surface area (Å²) in [6, 6.07) is 6.72. The Morgan fingerprint density at radius 3 is 2.43 bits per heavy atom. The van der Waals surface area contributed by atoms with E-state index in [9.17, 15) is 8.78 Å². The van der Waals surface area contributed by atoms with Gasteiger partial charge in [-0.1, -0.05) is 46.9 Å². The molecule has 0 heterocycles.